The number of aliphatic hydroxyl groups excluding tert-OH is 3. The fourth-order valence-electron chi connectivity index (χ4n) is 1.95. The molecule has 0 aromatic rings. The van der Waals surface area contributed by atoms with Gasteiger partial charge in [0.05, 0.1) is 12.9 Å². The molecular formula is C10H18N4O5. The second-order valence-electron chi connectivity index (χ2n) is 4.63. The maximum Gasteiger partial charge on any atom is 0.327 e. The zero-order chi connectivity index (χ0) is 14.2. The molecule has 2 amide bonds. The molecule has 0 radical (unpaired) electrons. The summed E-state index contributed by atoms with van der Waals surface area (Å²) in [6, 6.07) is -0.526. The molecule has 2 aliphatic rings. The van der Waals surface area contributed by atoms with Gasteiger partial charge < -0.3 is 25.4 Å². The van der Waals surface area contributed by atoms with E-state index in [0.29, 0.717) is 0 Å². The first kappa shape index (κ1) is 14.2. The monoisotopic (exact) mass is 274 g/mol. The molecule has 1 fully saturated rings. The molecule has 2 aliphatic heterocycles. The molecule has 0 aromatic carbocycles. The maximum absolute atomic E-state index is 12.0. The molecule has 1 saturated heterocycles. The van der Waals surface area contributed by atoms with E-state index in [4.69, 9.17) is 9.84 Å². The van der Waals surface area contributed by atoms with Crippen LogP contribution in [0.25, 0.3) is 0 Å². The van der Waals surface area contributed by atoms with Gasteiger partial charge in [-0.25, -0.2) is 9.79 Å². The first-order valence-electron chi connectivity index (χ1n) is 5.89. The minimum Gasteiger partial charge on any atom is -0.394 e. The van der Waals surface area contributed by atoms with E-state index in [2.05, 4.69) is 15.6 Å². The summed E-state index contributed by atoms with van der Waals surface area (Å²) in [6.45, 7) is 1.21. The zero-order valence-corrected chi connectivity index (χ0v) is 10.6. The Kier molecular flexibility index (Phi) is 3.74. The summed E-state index contributed by atoms with van der Waals surface area (Å²) in [4.78, 5) is 17.1. The Labute approximate surface area is 109 Å². The molecule has 2 rings (SSSR count). The number of hydrogen-bond donors (Lipinski definition) is 5. The lowest BCUT2D eigenvalue weighted by Crippen LogP contribution is -2.63. The van der Waals surface area contributed by atoms with Crippen LogP contribution in [0, 0.1) is 0 Å². The predicted molar refractivity (Wildman–Crippen MR) is 64.1 cm³/mol. The molecular weight excluding hydrogens is 256 g/mol. The second-order valence-corrected chi connectivity index (χ2v) is 4.63. The minimum atomic E-state index is -1.31. The fourth-order valence-corrected chi connectivity index (χ4v) is 1.95. The van der Waals surface area contributed by atoms with E-state index < -0.39 is 43.0 Å². The number of nitrogens with zero attached hydrogens (tertiary/aromatic N) is 2. The highest BCUT2D eigenvalue weighted by Crippen LogP contribution is 2.24. The van der Waals surface area contributed by atoms with E-state index in [1.807, 2.05) is 0 Å². The molecule has 9 nitrogen and oxygen atoms in total. The second kappa shape index (κ2) is 5.02. The van der Waals surface area contributed by atoms with Gasteiger partial charge in [-0.1, -0.05) is 0 Å². The van der Waals surface area contributed by atoms with Crippen molar-refractivity contribution >= 4 is 12.4 Å². The van der Waals surface area contributed by atoms with Crippen LogP contribution < -0.4 is 10.6 Å². The summed E-state index contributed by atoms with van der Waals surface area (Å²) < 4.78 is 5.25. The fraction of sp³-hybridized carbons (Fsp3) is 0.800. The van der Waals surface area contributed by atoms with E-state index in [1.165, 1.54) is 6.34 Å². The summed E-state index contributed by atoms with van der Waals surface area (Å²) in [5.74, 6) is -0.924. The van der Waals surface area contributed by atoms with Crippen LogP contribution in [0.15, 0.2) is 4.99 Å². The number of carbonyl (C=O) groups excluding carboxylic acids is 1. The Morgan fingerprint density at radius 2 is 2.26 bits per heavy atom. The number of rotatable bonds is 3. The lowest BCUT2D eigenvalue weighted by Gasteiger charge is -2.36. The normalized spacial score (nSPS) is 42.6. The van der Waals surface area contributed by atoms with E-state index in [-0.39, 0.29) is 0 Å². The zero-order valence-electron chi connectivity index (χ0n) is 10.6. The Hall–Kier alpha value is -1.26. The highest BCUT2D eigenvalue weighted by molar-refractivity contribution is 5.89. The summed E-state index contributed by atoms with van der Waals surface area (Å²) in [5.41, 5.74) is 0. The molecule has 0 aliphatic carbocycles. The van der Waals surface area contributed by atoms with E-state index in [1.54, 1.807) is 14.0 Å². The van der Waals surface area contributed by atoms with Crippen LogP contribution in [0.2, 0.25) is 0 Å². The number of aliphatic imine (C=N–C) groups is 1. The van der Waals surface area contributed by atoms with Crippen LogP contribution in [-0.2, 0) is 4.74 Å². The topological polar surface area (TPSA) is 127 Å². The SMILES string of the molecule is CNC1(C)N=CN([C@@H]2O[C@H](CO)[C@@H](O)[C@H]2O)C(=O)N1. The van der Waals surface area contributed by atoms with Crippen molar-refractivity contribution in [1.29, 1.82) is 0 Å². The van der Waals surface area contributed by atoms with Gasteiger partial charge in [-0.15, -0.1) is 0 Å². The Balaban J connectivity index is 2.16. The van der Waals surface area contributed by atoms with Crippen LogP contribution in [0.3, 0.4) is 0 Å². The van der Waals surface area contributed by atoms with Gasteiger partial charge in [0.1, 0.15) is 18.3 Å². The van der Waals surface area contributed by atoms with Crippen molar-refractivity contribution in [2.45, 2.75) is 37.3 Å². The molecule has 0 spiro atoms. The average Bonchev–Trinajstić information content (AvgIpc) is 2.67. The van der Waals surface area contributed by atoms with Gasteiger partial charge in [-0.2, -0.15) is 0 Å². The van der Waals surface area contributed by atoms with Crippen LogP contribution in [0.1, 0.15) is 6.92 Å². The van der Waals surface area contributed by atoms with Gasteiger partial charge in [0.25, 0.3) is 0 Å². The van der Waals surface area contributed by atoms with Crippen molar-refractivity contribution in [2.24, 2.45) is 4.99 Å². The number of carbonyl (C=O) groups is 1. The first-order valence-corrected chi connectivity index (χ1v) is 5.89. The highest BCUT2D eigenvalue weighted by atomic mass is 16.6. The first-order chi connectivity index (χ1) is 8.91. The lowest BCUT2D eigenvalue weighted by atomic mass is 10.1. The number of nitrogens with one attached hydrogen (secondary N) is 2. The molecule has 1 unspecified atom stereocenters. The van der Waals surface area contributed by atoms with Gasteiger partial charge in [0.15, 0.2) is 12.0 Å². The quantitative estimate of drug-likeness (QED) is 0.383. The number of amides is 2. The average molecular weight is 274 g/mol. The van der Waals surface area contributed by atoms with E-state index >= 15 is 0 Å². The van der Waals surface area contributed by atoms with E-state index in [9.17, 15) is 15.0 Å². The summed E-state index contributed by atoms with van der Waals surface area (Å²) in [7, 11) is 1.64. The van der Waals surface area contributed by atoms with Crippen molar-refractivity contribution in [1.82, 2.24) is 15.5 Å². The summed E-state index contributed by atoms with van der Waals surface area (Å²) in [6.07, 6.45) is -3.35. The summed E-state index contributed by atoms with van der Waals surface area (Å²) in [5, 5.41) is 33.9. The molecule has 19 heavy (non-hydrogen) atoms. The summed E-state index contributed by atoms with van der Waals surface area (Å²) >= 11 is 0. The van der Waals surface area contributed by atoms with Gasteiger partial charge in [-0.3, -0.25) is 10.2 Å². The third kappa shape index (κ3) is 2.42. The minimum absolute atomic E-state index is 0.449. The third-order valence-electron chi connectivity index (χ3n) is 3.30. The maximum atomic E-state index is 12.0. The van der Waals surface area contributed by atoms with Crippen molar-refractivity contribution < 1.29 is 24.9 Å². The van der Waals surface area contributed by atoms with Crippen molar-refractivity contribution in [2.75, 3.05) is 13.7 Å². The molecule has 2 heterocycles. The number of urea groups is 1. The Morgan fingerprint density at radius 3 is 2.74 bits per heavy atom. The molecule has 0 bridgehead atoms. The molecule has 9 heteroatoms. The number of aliphatic hydroxyl groups is 3. The molecule has 5 N–H and O–H groups in total. The largest absolute Gasteiger partial charge is 0.394 e. The molecule has 0 aromatic heterocycles. The van der Waals surface area contributed by atoms with Crippen molar-refractivity contribution in [3.05, 3.63) is 0 Å². The lowest BCUT2D eigenvalue weighted by molar-refractivity contribution is -0.0594. The number of hydrogen-bond acceptors (Lipinski definition) is 7. The standard InChI is InChI=1S/C10H18N4O5/c1-10(11-2)12-4-14(9(18)13-10)8-7(17)6(16)5(3-15)19-8/h4-8,11,15-17H,3H2,1-2H3,(H,13,18)/t5-,6-,7-,8-,10?/m1/s1. The Bertz CT molecular complexity index is 392. The van der Waals surface area contributed by atoms with Crippen LogP contribution in [0.5, 0.6) is 0 Å². The van der Waals surface area contributed by atoms with Gasteiger partial charge >= 0.3 is 6.03 Å². The Morgan fingerprint density at radius 1 is 1.58 bits per heavy atom. The van der Waals surface area contributed by atoms with E-state index in [0.717, 1.165) is 4.90 Å². The smallest absolute Gasteiger partial charge is 0.327 e. The molecule has 5 atom stereocenters. The van der Waals surface area contributed by atoms with Crippen LogP contribution in [0.4, 0.5) is 4.79 Å². The molecule has 108 valence electrons. The van der Waals surface area contributed by atoms with Gasteiger partial charge in [0.2, 0.25) is 0 Å². The van der Waals surface area contributed by atoms with Gasteiger partial charge in [0, 0.05) is 0 Å². The van der Waals surface area contributed by atoms with Gasteiger partial charge in [-0.05, 0) is 14.0 Å². The van der Waals surface area contributed by atoms with Crippen LogP contribution in [-0.4, -0.2) is 76.6 Å². The van der Waals surface area contributed by atoms with Crippen LogP contribution >= 0.6 is 0 Å². The van der Waals surface area contributed by atoms with Crippen molar-refractivity contribution in [3.8, 4) is 0 Å². The van der Waals surface area contributed by atoms with Crippen molar-refractivity contribution in [3.63, 3.8) is 0 Å². The molecule has 0 saturated carbocycles. The predicted octanol–water partition coefficient (Wildman–Crippen LogP) is -2.63. The third-order valence-corrected chi connectivity index (χ3v) is 3.30. The highest BCUT2D eigenvalue weighted by Gasteiger charge is 2.47. The number of ether oxygens (including phenoxy) is 1.